The van der Waals surface area contributed by atoms with Crippen LogP contribution in [0.15, 0.2) is 10.4 Å². The lowest BCUT2D eigenvalue weighted by atomic mass is 10.8. The summed E-state index contributed by atoms with van der Waals surface area (Å²) in [5.74, 6) is 0. The molecule has 0 unspecified atom stereocenters. The lowest BCUT2D eigenvalue weighted by Crippen LogP contribution is -2.15. The lowest BCUT2D eigenvalue weighted by molar-refractivity contribution is 0.557. The van der Waals surface area contributed by atoms with Gasteiger partial charge in [-0.1, -0.05) is 0 Å². The maximum absolute atomic E-state index is 11.0. The first kappa shape index (κ1) is 12.4. The monoisotopic (exact) mass is 227 g/mol. The molecule has 78 valence electrons. The topological polar surface area (TPSA) is 71.5 Å². The molecule has 0 rings (SSSR count). The average molecular weight is 227 g/mol. The zero-order valence-corrected chi connectivity index (χ0v) is 9.61. The first-order valence-corrected chi connectivity index (χ1v) is 7.12. The quantitative estimate of drug-likeness (QED) is 0.646. The summed E-state index contributed by atoms with van der Waals surface area (Å²) >= 11 is 0. The fourth-order valence-electron chi connectivity index (χ4n) is 0.677. The molecule has 0 saturated carbocycles. The predicted octanol–water partition coefficient (Wildman–Crippen LogP) is -0.564. The van der Waals surface area contributed by atoms with Crippen molar-refractivity contribution in [1.82, 2.24) is 4.90 Å². The number of rotatable bonds is 3. The van der Waals surface area contributed by atoms with Crippen molar-refractivity contribution in [2.45, 2.75) is 0 Å². The zero-order chi connectivity index (χ0) is 10.9. The summed E-state index contributed by atoms with van der Waals surface area (Å²) in [5.41, 5.74) is 0. The highest BCUT2D eigenvalue weighted by atomic mass is 32.3. The molecule has 0 fully saturated rings. The molecule has 0 aliphatic rings. The van der Waals surface area contributed by atoms with E-state index in [-0.39, 0.29) is 0 Å². The van der Waals surface area contributed by atoms with Crippen molar-refractivity contribution in [2.24, 2.45) is 0 Å². The Hall–Kier alpha value is -0.560. The van der Waals surface area contributed by atoms with Crippen molar-refractivity contribution < 1.29 is 16.8 Å². The van der Waals surface area contributed by atoms with E-state index in [1.165, 1.54) is 4.90 Å². The fourth-order valence-corrected chi connectivity index (χ4v) is 3.68. The molecule has 0 aromatic heterocycles. The van der Waals surface area contributed by atoms with E-state index in [0.29, 0.717) is 0 Å². The Morgan fingerprint density at radius 3 is 1.38 bits per heavy atom. The van der Waals surface area contributed by atoms with Gasteiger partial charge in [0.25, 0.3) is 0 Å². The fraction of sp³-hybridized carbons (Fsp3) is 0.667. The third-order valence-corrected chi connectivity index (χ3v) is 4.58. The van der Waals surface area contributed by atoms with Crippen LogP contribution >= 0.6 is 0 Å². The molecule has 0 aromatic rings. The minimum absolute atomic E-state index is 0.565. The van der Waals surface area contributed by atoms with Crippen molar-refractivity contribution in [3.05, 3.63) is 10.4 Å². The number of hydrogen-bond acceptors (Lipinski definition) is 5. The van der Waals surface area contributed by atoms with Crippen LogP contribution in [-0.2, 0) is 19.7 Å². The highest BCUT2D eigenvalue weighted by molar-refractivity contribution is 8.13. The summed E-state index contributed by atoms with van der Waals surface area (Å²) < 4.78 is 43.6. The van der Waals surface area contributed by atoms with Gasteiger partial charge in [-0.05, 0) is 0 Å². The molecule has 0 amide bonds. The molecule has 0 radical (unpaired) electrons. The third kappa shape index (κ3) is 4.28. The second-order valence-corrected chi connectivity index (χ2v) is 7.18. The van der Waals surface area contributed by atoms with Crippen LogP contribution in [0.1, 0.15) is 0 Å². The van der Waals surface area contributed by atoms with E-state index in [9.17, 15) is 16.8 Å². The van der Waals surface area contributed by atoms with Crippen LogP contribution in [-0.4, -0.2) is 48.3 Å². The Bertz CT molecular complexity index is 368. The van der Waals surface area contributed by atoms with E-state index in [1.54, 1.807) is 14.1 Å². The van der Waals surface area contributed by atoms with Crippen molar-refractivity contribution in [1.29, 1.82) is 0 Å². The highest BCUT2D eigenvalue weighted by Gasteiger charge is 2.22. The number of sulfone groups is 2. The van der Waals surface area contributed by atoms with E-state index in [0.717, 1.165) is 18.7 Å². The van der Waals surface area contributed by atoms with E-state index in [1.807, 2.05) is 0 Å². The molecular weight excluding hydrogens is 214 g/mol. The smallest absolute Gasteiger partial charge is 0.187 e. The molecule has 0 aromatic carbocycles. The Morgan fingerprint density at radius 1 is 1.00 bits per heavy atom. The first-order chi connectivity index (χ1) is 5.55. The van der Waals surface area contributed by atoms with E-state index in [4.69, 9.17) is 0 Å². The van der Waals surface area contributed by atoms with Gasteiger partial charge < -0.3 is 4.90 Å². The molecule has 0 saturated heterocycles. The summed E-state index contributed by atoms with van der Waals surface area (Å²) in [4.78, 5) is 1.37. The van der Waals surface area contributed by atoms with Crippen molar-refractivity contribution in [3.8, 4) is 0 Å². The van der Waals surface area contributed by atoms with Gasteiger partial charge in [0.2, 0.25) is 0 Å². The minimum atomic E-state index is -3.69. The minimum Gasteiger partial charge on any atom is -0.382 e. The molecule has 5 nitrogen and oxygen atoms in total. The van der Waals surface area contributed by atoms with Crippen molar-refractivity contribution >= 4 is 19.7 Å². The van der Waals surface area contributed by atoms with Gasteiger partial charge in [-0.25, -0.2) is 16.8 Å². The lowest BCUT2D eigenvalue weighted by Gasteiger charge is -2.08. The first-order valence-electron chi connectivity index (χ1n) is 3.33. The standard InChI is InChI=1S/C6H13NO4S2/c1-7(2)5-6(12(3,8)9)13(4,10)11/h5H,1-4H3. The van der Waals surface area contributed by atoms with Crippen molar-refractivity contribution in [2.75, 3.05) is 26.6 Å². The molecule has 0 bridgehead atoms. The van der Waals surface area contributed by atoms with Gasteiger partial charge in [-0.3, -0.25) is 0 Å². The largest absolute Gasteiger partial charge is 0.382 e. The molecule has 7 heteroatoms. The molecule has 0 heterocycles. The summed E-state index contributed by atoms with van der Waals surface area (Å²) in [6, 6.07) is 0. The van der Waals surface area contributed by atoms with Crippen LogP contribution in [0.4, 0.5) is 0 Å². The molecule has 0 N–H and O–H groups in total. The van der Waals surface area contributed by atoms with Crippen LogP contribution < -0.4 is 0 Å². The molecule has 0 aliphatic carbocycles. The van der Waals surface area contributed by atoms with Gasteiger partial charge in [0, 0.05) is 32.8 Å². The van der Waals surface area contributed by atoms with E-state index >= 15 is 0 Å². The van der Waals surface area contributed by atoms with Gasteiger partial charge in [0.1, 0.15) is 0 Å². The van der Waals surface area contributed by atoms with Gasteiger partial charge in [-0.15, -0.1) is 0 Å². The third-order valence-electron chi connectivity index (χ3n) is 1.09. The maximum Gasteiger partial charge on any atom is 0.187 e. The van der Waals surface area contributed by atoms with E-state index in [2.05, 4.69) is 0 Å². The van der Waals surface area contributed by atoms with Gasteiger partial charge in [0.15, 0.2) is 23.9 Å². The molecule has 0 spiro atoms. The Morgan fingerprint density at radius 2 is 1.31 bits per heavy atom. The van der Waals surface area contributed by atoms with Crippen LogP contribution in [0.25, 0.3) is 0 Å². The van der Waals surface area contributed by atoms with Crippen LogP contribution in [0.5, 0.6) is 0 Å². The molecular formula is C6H13NO4S2. The van der Waals surface area contributed by atoms with Gasteiger partial charge in [0.05, 0.1) is 0 Å². The number of hydrogen-bond donors (Lipinski definition) is 0. The van der Waals surface area contributed by atoms with Crippen LogP contribution in [0.3, 0.4) is 0 Å². The van der Waals surface area contributed by atoms with Gasteiger partial charge in [-0.2, -0.15) is 0 Å². The molecule has 0 atom stereocenters. The molecule has 13 heavy (non-hydrogen) atoms. The van der Waals surface area contributed by atoms with Crippen molar-refractivity contribution in [3.63, 3.8) is 0 Å². The average Bonchev–Trinajstić information content (AvgIpc) is 1.77. The summed E-state index contributed by atoms with van der Waals surface area (Å²) in [7, 11) is -4.27. The SMILES string of the molecule is CN(C)C=C(S(C)(=O)=O)S(C)(=O)=O. The Labute approximate surface area is 78.9 Å². The molecule has 0 aliphatic heterocycles. The zero-order valence-electron chi connectivity index (χ0n) is 7.97. The Balaban J connectivity index is 5.55. The maximum atomic E-state index is 11.0. The van der Waals surface area contributed by atoms with Crippen LogP contribution in [0, 0.1) is 0 Å². The highest BCUT2D eigenvalue weighted by Crippen LogP contribution is 2.12. The number of nitrogens with zero attached hydrogens (tertiary/aromatic N) is 1. The normalized spacial score (nSPS) is 12.3. The van der Waals surface area contributed by atoms with E-state index < -0.39 is 23.9 Å². The summed E-state index contributed by atoms with van der Waals surface area (Å²) in [6.07, 6.45) is 2.80. The Kier molecular flexibility index (Phi) is 3.51. The second kappa shape index (κ2) is 3.67. The summed E-state index contributed by atoms with van der Waals surface area (Å²) in [5, 5.41) is 0. The summed E-state index contributed by atoms with van der Waals surface area (Å²) in [6.45, 7) is 0. The predicted molar refractivity (Wildman–Crippen MR) is 51.5 cm³/mol. The van der Waals surface area contributed by atoms with Crippen LogP contribution in [0.2, 0.25) is 0 Å². The second-order valence-electron chi connectivity index (χ2n) is 2.96. The van der Waals surface area contributed by atoms with Gasteiger partial charge >= 0.3 is 0 Å².